The molecule has 0 saturated carbocycles. The molecule has 0 heterocycles. The summed E-state index contributed by atoms with van der Waals surface area (Å²) < 4.78 is 1.05. The van der Waals surface area contributed by atoms with Crippen molar-refractivity contribution in [2.24, 2.45) is 0 Å². The summed E-state index contributed by atoms with van der Waals surface area (Å²) in [6.45, 7) is 3.31. The van der Waals surface area contributed by atoms with Crippen molar-refractivity contribution in [1.29, 1.82) is 0 Å². The maximum atomic E-state index is 11.1. The van der Waals surface area contributed by atoms with Gasteiger partial charge in [-0.25, -0.2) is 4.79 Å². The summed E-state index contributed by atoms with van der Waals surface area (Å²) in [4.78, 5) is 12.6. The minimum Gasteiger partial charge on any atom is -0.465 e. The molecule has 0 saturated heterocycles. The van der Waals surface area contributed by atoms with Gasteiger partial charge in [0, 0.05) is 17.6 Å². The standard InChI is InChI=1S/C14H20BrNO2/c1-2-3-6-10-16(14(17)18)11-9-12-7-4-5-8-13(12)15/h4-5,7-8H,2-3,6,9-11H2,1H3,(H,17,18). The summed E-state index contributed by atoms with van der Waals surface area (Å²) >= 11 is 3.48. The van der Waals surface area contributed by atoms with Crippen LogP contribution < -0.4 is 0 Å². The lowest BCUT2D eigenvalue weighted by atomic mass is 10.1. The number of benzene rings is 1. The van der Waals surface area contributed by atoms with Crippen molar-refractivity contribution < 1.29 is 9.90 Å². The minimum atomic E-state index is -0.821. The average Bonchev–Trinajstić information content (AvgIpc) is 2.35. The predicted octanol–water partition coefficient (Wildman–Crippen LogP) is 4.16. The number of rotatable bonds is 7. The van der Waals surface area contributed by atoms with Gasteiger partial charge in [-0.1, -0.05) is 53.9 Å². The Hall–Kier alpha value is -1.03. The summed E-state index contributed by atoms with van der Waals surface area (Å²) in [7, 11) is 0. The van der Waals surface area contributed by atoms with E-state index in [2.05, 4.69) is 22.9 Å². The van der Waals surface area contributed by atoms with Gasteiger partial charge in [0.2, 0.25) is 0 Å². The molecule has 1 amide bonds. The highest BCUT2D eigenvalue weighted by Gasteiger charge is 2.11. The molecule has 0 aliphatic heterocycles. The molecule has 0 bridgehead atoms. The third-order valence-corrected chi connectivity index (χ3v) is 3.68. The Morgan fingerprint density at radius 2 is 2.00 bits per heavy atom. The van der Waals surface area contributed by atoms with Gasteiger partial charge in [-0.05, 0) is 24.5 Å². The van der Waals surface area contributed by atoms with E-state index in [-0.39, 0.29) is 0 Å². The van der Waals surface area contributed by atoms with E-state index in [0.717, 1.165) is 35.7 Å². The summed E-state index contributed by atoms with van der Waals surface area (Å²) in [5, 5.41) is 9.13. The van der Waals surface area contributed by atoms with E-state index in [0.29, 0.717) is 13.1 Å². The van der Waals surface area contributed by atoms with Crippen molar-refractivity contribution in [2.75, 3.05) is 13.1 Å². The lowest BCUT2D eigenvalue weighted by Gasteiger charge is -2.19. The van der Waals surface area contributed by atoms with Crippen LogP contribution >= 0.6 is 15.9 Å². The van der Waals surface area contributed by atoms with Gasteiger partial charge in [0.05, 0.1) is 0 Å². The molecule has 0 aromatic heterocycles. The second-order valence-corrected chi connectivity index (χ2v) is 5.17. The highest BCUT2D eigenvalue weighted by molar-refractivity contribution is 9.10. The Kier molecular flexibility index (Phi) is 6.80. The van der Waals surface area contributed by atoms with E-state index in [1.807, 2.05) is 24.3 Å². The topological polar surface area (TPSA) is 40.5 Å². The predicted molar refractivity (Wildman–Crippen MR) is 77.0 cm³/mol. The van der Waals surface area contributed by atoms with Gasteiger partial charge in [-0.15, -0.1) is 0 Å². The number of nitrogens with zero attached hydrogens (tertiary/aromatic N) is 1. The van der Waals surface area contributed by atoms with Crippen molar-refractivity contribution in [3.8, 4) is 0 Å². The Morgan fingerprint density at radius 3 is 2.61 bits per heavy atom. The van der Waals surface area contributed by atoms with Crippen LogP contribution in [0.2, 0.25) is 0 Å². The Labute approximate surface area is 117 Å². The largest absolute Gasteiger partial charge is 0.465 e. The van der Waals surface area contributed by atoms with Gasteiger partial charge in [0.15, 0.2) is 0 Å². The molecule has 18 heavy (non-hydrogen) atoms. The second kappa shape index (κ2) is 8.14. The maximum Gasteiger partial charge on any atom is 0.407 e. The molecule has 0 unspecified atom stereocenters. The monoisotopic (exact) mass is 313 g/mol. The third-order valence-electron chi connectivity index (χ3n) is 2.91. The van der Waals surface area contributed by atoms with E-state index in [1.165, 1.54) is 4.90 Å². The summed E-state index contributed by atoms with van der Waals surface area (Å²) in [6.07, 6.45) is 3.06. The molecule has 0 radical (unpaired) electrons. The smallest absolute Gasteiger partial charge is 0.407 e. The molecule has 0 aliphatic rings. The summed E-state index contributed by atoms with van der Waals surface area (Å²) in [5.74, 6) is 0. The van der Waals surface area contributed by atoms with E-state index < -0.39 is 6.09 Å². The number of hydrogen-bond acceptors (Lipinski definition) is 1. The molecule has 1 aromatic rings. The normalized spacial score (nSPS) is 10.3. The zero-order valence-corrected chi connectivity index (χ0v) is 12.3. The summed E-state index contributed by atoms with van der Waals surface area (Å²) in [5.41, 5.74) is 1.15. The van der Waals surface area contributed by atoms with Crippen LogP contribution in [0.25, 0.3) is 0 Å². The van der Waals surface area contributed by atoms with Crippen LogP contribution in [0.4, 0.5) is 4.79 Å². The third kappa shape index (κ3) is 5.08. The van der Waals surface area contributed by atoms with Gasteiger partial charge in [0.25, 0.3) is 0 Å². The fraction of sp³-hybridized carbons (Fsp3) is 0.500. The van der Waals surface area contributed by atoms with Gasteiger partial charge >= 0.3 is 6.09 Å². The molecule has 0 atom stereocenters. The van der Waals surface area contributed by atoms with Gasteiger partial charge < -0.3 is 10.0 Å². The molecule has 1 aromatic carbocycles. The number of carboxylic acid groups (broad SMARTS) is 1. The van der Waals surface area contributed by atoms with Crippen molar-refractivity contribution in [3.05, 3.63) is 34.3 Å². The van der Waals surface area contributed by atoms with Crippen LogP contribution in [0.1, 0.15) is 31.7 Å². The molecule has 4 heteroatoms. The molecule has 3 nitrogen and oxygen atoms in total. The number of carbonyl (C=O) groups is 1. The molecule has 1 rings (SSSR count). The first-order valence-corrected chi connectivity index (χ1v) is 7.15. The van der Waals surface area contributed by atoms with Crippen LogP contribution in [0.5, 0.6) is 0 Å². The van der Waals surface area contributed by atoms with Crippen LogP contribution in [0.3, 0.4) is 0 Å². The number of unbranched alkanes of at least 4 members (excludes halogenated alkanes) is 2. The maximum absolute atomic E-state index is 11.1. The lowest BCUT2D eigenvalue weighted by molar-refractivity contribution is 0.144. The Morgan fingerprint density at radius 1 is 1.28 bits per heavy atom. The molecular formula is C14H20BrNO2. The van der Waals surface area contributed by atoms with Crippen molar-refractivity contribution >= 4 is 22.0 Å². The average molecular weight is 314 g/mol. The fourth-order valence-corrected chi connectivity index (χ4v) is 2.30. The Bertz CT molecular complexity index is 382. The van der Waals surface area contributed by atoms with Crippen LogP contribution in [0, 0.1) is 0 Å². The van der Waals surface area contributed by atoms with Gasteiger partial charge in [0.1, 0.15) is 0 Å². The zero-order chi connectivity index (χ0) is 13.4. The first kappa shape index (κ1) is 15.0. The molecule has 0 fully saturated rings. The number of amides is 1. The first-order valence-electron chi connectivity index (χ1n) is 6.36. The van der Waals surface area contributed by atoms with Crippen molar-refractivity contribution in [2.45, 2.75) is 32.6 Å². The fourth-order valence-electron chi connectivity index (χ4n) is 1.81. The van der Waals surface area contributed by atoms with E-state index >= 15 is 0 Å². The number of hydrogen-bond donors (Lipinski definition) is 1. The van der Waals surface area contributed by atoms with Crippen molar-refractivity contribution in [3.63, 3.8) is 0 Å². The molecular weight excluding hydrogens is 294 g/mol. The lowest BCUT2D eigenvalue weighted by Crippen LogP contribution is -2.32. The minimum absolute atomic E-state index is 0.557. The van der Waals surface area contributed by atoms with Gasteiger partial charge in [-0.3, -0.25) is 0 Å². The highest BCUT2D eigenvalue weighted by atomic mass is 79.9. The summed E-state index contributed by atoms with van der Waals surface area (Å²) in [6, 6.07) is 7.94. The SMILES string of the molecule is CCCCCN(CCc1ccccc1Br)C(=O)O. The van der Waals surface area contributed by atoms with E-state index in [1.54, 1.807) is 0 Å². The first-order chi connectivity index (χ1) is 8.65. The Balaban J connectivity index is 2.47. The number of halogens is 1. The quantitative estimate of drug-likeness (QED) is 0.768. The second-order valence-electron chi connectivity index (χ2n) is 4.32. The molecule has 0 aliphatic carbocycles. The van der Waals surface area contributed by atoms with Gasteiger partial charge in [-0.2, -0.15) is 0 Å². The highest BCUT2D eigenvalue weighted by Crippen LogP contribution is 2.16. The molecule has 1 N–H and O–H groups in total. The molecule has 0 spiro atoms. The van der Waals surface area contributed by atoms with Crippen molar-refractivity contribution in [1.82, 2.24) is 4.90 Å². The van der Waals surface area contributed by atoms with Crippen LogP contribution in [-0.2, 0) is 6.42 Å². The van der Waals surface area contributed by atoms with Crippen LogP contribution in [0.15, 0.2) is 28.7 Å². The zero-order valence-electron chi connectivity index (χ0n) is 10.7. The van der Waals surface area contributed by atoms with E-state index in [4.69, 9.17) is 5.11 Å². The molecule has 100 valence electrons. The van der Waals surface area contributed by atoms with E-state index in [9.17, 15) is 4.79 Å². The van der Waals surface area contributed by atoms with Crippen LogP contribution in [-0.4, -0.2) is 29.2 Å².